The van der Waals surface area contributed by atoms with Gasteiger partial charge in [-0.3, -0.25) is 0 Å². The number of pyridine rings is 1. The van der Waals surface area contributed by atoms with E-state index in [0.29, 0.717) is 44.1 Å². The third-order valence-corrected chi connectivity index (χ3v) is 9.30. The van der Waals surface area contributed by atoms with Gasteiger partial charge in [-0.25, -0.2) is 13.8 Å². The maximum Gasteiger partial charge on any atom is 0.319 e. The van der Waals surface area contributed by atoms with E-state index in [1.807, 2.05) is 4.90 Å². The zero-order valence-corrected chi connectivity index (χ0v) is 27.2. The van der Waals surface area contributed by atoms with Gasteiger partial charge in [0.15, 0.2) is 5.82 Å². The minimum Gasteiger partial charge on any atom is -0.508 e. The van der Waals surface area contributed by atoms with Crippen molar-refractivity contribution in [2.75, 3.05) is 65.1 Å². The van der Waals surface area contributed by atoms with E-state index in [0.717, 1.165) is 51.6 Å². The van der Waals surface area contributed by atoms with E-state index in [9.17, 15) is 9.50 Å². The number of aromatic hydroxyl groups is 1. The monoisotopic (exact) mass is 645 g/mol. The van der Waals surface area contributed by atoms with Crippen LogP contribution in [0.2, 0.25) is 0 Å². The number of rotatable bonds is 9. The molecule has 4 heterocycles. The molecule has 6 rings (SSSR count). The summed E-state index contributed by atoms with van der Waals surface area (Å²) >= 11 is 0. The molecule has 47 heavy (non-hydrogen) atoms. The fourth-order valence-electron chi connectivity index (χ4n) is 7.05. The number of nitrogens with zero attached hydrogens (tertiary/aromatic N) is 5. The quantitative estimate of drug-likeness (QED) is 0.210. The number of terminal acetylenes is 1. The number of fused-ring (bicyclic) bond motifs is 2. The summed E-state index contributed by atoms with van der Waals surface area (Å²) in [5.74, 6) is 1.30. The topological polar surface area (TPSA) is 93.1 Å². The van der Waals surface area contributed by atoms with Crippen molar-refractivity contribution in [1.82, 2.24) is 19.9 Å². The van der Waals surface area contributed by atoms with E-state index in [-0.39, 0.29) is 56.2 Å². The van der Waals surface area contributed by atoms with E-state index < -0.39 is 11.6 Å². The zero-order chi connectivity index (χ0) is 33.1. The molecular formula is C36H41F2N5O4. The lowest BCUT2D eigenvalue weighted by atomic mass is 9.76. The first-order valence-corrected chi connectivity index (χ1v) is 16.3. The van der Waals surface area contributed by atoms with Crippen LogP contribution < -0.4 is 14.4 Å². The Morgan fingerprint density at radius 1 is 1.09 bits per heavy atom. The standard InChI is InChI=1S/C36H41F2N5O4/c1-5-7-12-36(13-8-14-42(3)21-36)22-47-35-40-32-29(33(41-35)43-15-9-17-46-18-16-43)34(45-4)39-31(30(32)38)26-20-24(44)19-23-10-11-27(37)25(6-2)28(23)26/h2,10-11,19-20,44H,5,7-9,12-18,21-22H2,1,3-4H3/t36-/m0/s1. The molecule has 0 amide bonds. The van der Waals surface area contributed by atoms with Crippen LogP contribution in [0, 0.1) is 29.4 Å². The lowest BCUT2D eigenvalue weighted by molar-refractivity contribution is 0.0415. The summed E-state index contributed by atoms with van der Waals surface area (Å²) in [5, 5.41) is 11.6. The molecule has 0 bridgehead atoms. The van der Waals surface area contributed by atoms with E-state index in [2.05, 4.69) is 34.8 Å². The van der Waals surface area contributed by atoms with Gasteiger partial charge in [0, 0.05) is 42.6 Å². The highest BCUT2D eigenvalue weighted by atomic mass is 19.1. The Balaban J connectivity index is 1.55. The number of ether oxygens (including phenoxy) is 3. The highest BCUT2D eigenvalue weighted by Gasteiger charge is 2.35. The minimum atomic E-state index is -0.794. The highest BCUT2D eigenvalue weighted by Crippen LogP contribution is 2.42. The van der Waals surface area contributed by atoms with Crippen molar-refractivity contribution in [2.45, 2.75) is 45.4 Å². The summed E-state index contributed by atoms with van der Waals surface area (Å²) in [6.07, 6.45) is 11.7. The second kappa shape index (κ2) is 13.8. The lowest BCUT2D eigenvalue weighted by Crippen LogP contribution is -2.45. The molecule has 2 aliphatic rings. The van der Waals surface area contributed by atoms with Crippen LogP contribution in [0.4, 0.5) is 14.6 Å². The summed E-state index contributed by atoms with van der Waals surface area (Å²) in [7, 11) is 3.57. The first-order valence-electron chi connectivity index (χ1n) is 16.3. The van der Waals surface area contributed by atoms with Gasteiger partial charge in [-0.2, -0.15) is 9.97 Å². The Hall–Kier alpha value is -4.27. The van der Waals surface area contributed by atoms with E-state index >= 15 is 4.39 Å². The van der Waals surface area contributed by atoms with Gasteiger partial charge < -0.3 is 29.1 Å². The molecule has 2 aromatic carbocycles. The number of halogens is 2. The summed E-state index contributed by atoms with van der Waals surface area (Å²) < 4.78 is 49.8. The summed E-state index contributed by atoms with van der Waals surface area (Å²) in [4.78, 5) is 18.4. The van der Waals surface area contributed by atoms with Crippen LogP contribution in [0.25, 0.3) is 32.9 Å². The molecule has 4 aromatic rings. The Bertz CT molecular complexity index is 1820. The van der Waals surface area contributed by atoms with Crippen molar-refractivity contribution in [3.63, 3.8) is 0 Å². The first kappa shape index (κ1) is 32.7. The second-order valence-electron chi connectivity index (χ2n) is 12.7. The molecule has 9 nitrogen and oxygen atoms in total. The molecule has 0 saturated carbocycles. The minimum absolute atomic E-state index is 0.0518. The second-order valence-corrected chi connectivity index (χ2v) is 12.7. The number of phenols is 1. The average Bonchev–Trinajstić information content (AvgIpc) is 3.36. The van der Waals surface area contributed by atoms with Crippen LogP contribution in [-0.4, -0.2) is 85.1 Å². The number of anilines is 1. The first-order chi connectivity index (χ1) is 22.8. The Morgan fingerprint density at radius 3 is 2.70 bits per heavy atom. The summed E-state index contributed by atoms with van der Waals surface area (Å²) in [6.45, 7) is 6.72. The molecule has 2 aliphatic heterocycles. The number of unbranched alkanes of at least 4 members (excludes halogenated alkanes) is 1. The molecule has 2 saturated heterocycles. The van der Waals surface area contributed by atoms with E-state index in [1.54, 1.807) is 0 Å². The van der Waals surface area contributed by atoms with Gasteiger partial charge in [0.2, 0.25) is 5.88 Å². The van der Waals surface area contributed by atoms with Crippen molar-refractivity contribution in [2.24, 2.45) is 5.41 Å². The molecule has 248 valence electrons. The summed E-state index contributed by atoms with van der Waals surface area (Å²) in [5.41, 5.74) is -0.284. The number of piperidine rings is 1. The summed E-state index contributed by atoms with van der Waals surface area (Å²) in [6, 6.07) is 5.52. The van der Waals surface area contributed by atoms with Crippen LogP contribution in [0.15, 0.2) is 24.3 Å². The molecule has 0 unspecified atom stereocenters. The van der Waals surface area contributed by atoms with Crippen molar-refractivity contribution in [3.05, 3.63) is 41.5 Å². The molecule has 0 radical (unpaired) electrons. The van der Waals surface area contributed by atoms with Crippen LogP contribution in [-0.2, 0) is 4.74 Å². The molecule has 2 aromatic heterocycles. The van der Waals surface area contributed by atoms with Crippen LogP contribution in [0.3, 0.4) is 0 Å². The van der Waals surface area contributed by atoms with Crippen molar-refractivity contribution < 1.29 is 28.1 Å². The molecule has 0 spiro atoms. The zero-order valence-electron chi connectivity index (χ0n) is 27.2. The maximum atomic E-state index is 17.0. The van der Waals surface area contributed by atoms with Gasteiger partial charge in [0.05, 0.1) is 25.9 Å². The van der Waals surface area contributed by atoms with Crippen LogP contribution >= 0.6 is 0 Å². The number of benzene rings is 2. The van der Waals surface area contributed by atoms with Crippen molar-refractivity contribution in [3.8, 4) is 41.2 Å². The molecule has 2 fully saturated rings. The predicted molar refractivity (Wildman–Crippen MR) is 178 cm³/mol. The van der Waals surface area contributed by atoms with Crippen LogP contribution in [0.1, 0.15) is 51.0 Å². The third kappa shape index (κ3) is 6.49. The smallest absolute Gasteiger partial charge is 0.319 e. The number of likely N-dealkylation sites (tertiary alicyclic amines) is 1. The fraction of sp³-hybridized carbons (Fsp3) is 0.472. The van der Waals surface area contributed by atoms with Gasteiger partial charge in [-0.1, -0.05) is 31.8 Å². The maximum absolute atomic E-state index is 17.0. The van der Waals surface area contributed by atoms with Gasteiger partial charge in [-0.05, 0) is 62.9 Å². The fourth-order valence-corrected chi connectivity index (χ4v) is 7.05. The van der Waals surface area contributed by atoms with E-state index in [1.165, 1.54) is 31.4 Å². The Morgan fingerprint density at radius 2 is 1.94 bits per heavy atom. The molecule has 0 aliphatic carbocycles. The van der Waals surface area contributed by atoms with Gasteiger partial charge >= 0.3 is 6.01 Å². The van der Waals surface area contributed by atoms with Crippen LogP contribution in [0.5, 0.6) is 17.6 Å². The molecule has 1 N–H and O–H groups in total. The number of aromatic nitrogens is 3. The molecule has 11 heteroatoms. The largest absolute Gasteiger partial charge is 0.508 e. The molecule has 1 atom stereocenters. The predicted octanol–water partition coefficient (Wildman–Crippen LogP) is 6.33. The van der Waals surface area contributed by atoms with Gasteiger partial charge in [0.25, 0.3) is 0 Å². The van der Waals surface area contributed by atoms with Crippen molar-refractivity contribution >= 4 is 27.5 Å². The van der Waals surface area contributed by atoms with Gasteiger partial charge in [0.1, 0.15) is 34.0 Å². The van der Waals surface area contributed by atoms with Gasteiger partial charge in [-0.15, -0.1) is 6.42 Å². The third-order valence-electron chi connectivity index (χ3n) is 9.30. The number of methoxy groups -OCH3 is 1. The SMILES string of the molecule is C#Cc1c(F)ccc2cc(O)cc(-c3nc(OC)c4c(N5CCCOCC5)nc(OC[C@@]5(CCCC)CCCN(C)C5)nc4c3F)c12. The number of hydrogen-bond donors (Lipinski definition) is 1. The Labute approximate surface area is 273 Å². The Kier molecular flexibility index (Phi) is 9.62. The number of phenolic OH excluding ortho intramolecular Hbond substituents is 1. The van der Waals surface area contributed by atoms with E-state index in [4.69, 9.17) is 25.6 Å². The molecular weight excluding hydrogens is 604 g/mol. The lowest BCUT2D eigenvalue weighted by Gasteiger charge is -2.41. The van der Waals surface area contributed by atoms with Crippen molar-refractivity contribution in [1.29, 1.82) is 0 Å². The highest BCUT2D eigenvalue weighted by molar-refractivity contribution is 6.04. The average molecular weight is 646 g/mol. The number of hydrogen-bond acceptors (Lipinski definition) is 9. The normalized spacial score (nSPS) is 19.1.